The van der Waals surface area contributed by atoms with Crippen LogP contribution >= 0.6 is 11.3 Å². The Labute approximate surface area is 352 Å². The van der Waals surface area contributed by atoms with Crippen molar-refractivity contribution in [2.75, 3.05) is 4.90 Å². The Morgan fingerprint density at radius 3 is 1.85 bits per heavy atom. The molecule has 11 rings (SSSR count). The van der Waals surface area contributed by atoms with E-state index in [1.54, 1.807) is 0 Å². The molecule has 7 aromatic carbocycles. The molecule has 0 unspecified atom stereocenters. The number of nitrogens with zero attached hydrogens (tertiary/aromatic N) is 1. The molecule has 2 aromatic heterocycles. The summed E-state index contributed by atoms with van der Waals surface area (Å²) in [6.45, 7) is 23.6. The molecule has 0 bridgehead atoms. The highest BCUT2D eigenvalue weighted by Gasteiger charge is 2.38. The van der Waals surface area contributed by atoms with E-state index < -0.39 is 0 Å². The summed E-state index contributed by atoms with van der Waals surface area (Å²) in [5.41, 5.74) is 18.7. The number of fused-ring (bicyclic) bond motifs is 12. The molecule has 2 heterocycles. The molecule has 0 aliphatic heterocycles. The Morgan fingerprint density at radius 2 is 1.07 bits per heavy atom. The Kier molecular flexibility index (Phi) is 7.40. The molecule has 2 nitrogen and oxygen atoms in total. The zero-order chi connectivity index (χ0) is 41.0. The van der Waals surface area contributed by atoms with E-state index in [2.05, 4.69) is 195 Å². The van der Waals surface area contributed by atoms with Gasteiger partial charge < -0.3 is 9.32 Å². The minimum absolute atomic E-state index is 0.0360. The Hall–Kier alpha value is -5.64. The monoisotopic (exact) mass is 785 g/mol. The van der Waals surface area contributed by atoms with Crippen LogP contribution in [0.25, 0.3) is 64.4 Å². The molecule has 292 valence electrons. The second kappa shape index (κ2) is 12.0. The van der Waals surface area contributed by atoms with Gasteiger partial charge in [0.15, 0.2) is 0 Å². The molecule has 0 atom stereocenters. The van der Waals surface area contributed by atoms with Gasteiger partial charge in [-0.3, -0.25) is 0 Å². The van der Waals surface area contributed by atoms with Crippen LogP contribution in [0, 0.1) is 0 Å². The third kappa shape index (κ3) is 5.23. The van der Waals surface area contributed by atoms with Gasteiger partial charge in [0, 0.05) is 64.9 Å². The molecule has 0 amide bonds. The molecule has 0 fully saturated rings. The predicted molar refractivity (Wildman–Crippen MR) is 254 cm³/mol. The van der Waals surface area contributed by atoms with Crippen molar-refractivity contribution in [3.8, 4) is 22.3 Å². The third-order valence-corrected chi connectivity index (χ3v) is 14.9. The summed E-state index contributed by atoms with van der Waals surface area (Å²) in [6.07, 6.45) is 0. The minimum atomic E-state index is -0.141. The first-order chi connectivity index (χ1) is 28.0. The quantitative estimate of drug-likeness (QED) is 0.177. The first-order valence-electron chi connectivity index (χ1n) is 21.2. The molecule has 3 heteroatoms. The number of benzene rings is 7. The van der Waals surface area contributed by atoms with Crippen molar-refractivity contribution in [1.82, 2.24) is 0 Å². The van der Waals surface area contributed by atoms with E-state index in [0.717, 1.165) is 39.0 Å². The zero-order valence-corrected chi connectivity index (χ0v) is 36.7. The van der Waals surface area contributed by atoms with E-state index >= 15 is 0 Å². The van der Waals surface area contributed by atoms with E-state index in [0.29, 0.717) is 0 Å². The minimum Gasteiger partial charge on any atom is -0.456 e. The van der Waals surface area contributed by atoms with Gasteiger partial charge in [0.1, 0.15) is 11.2 Å². The summed E-state index contributed by atoms with van der Waals surface area (Å²) < 4.78 is 9.31. The number of para-hydroxylation sites is 1. The molecule has 2 aliphatic rings. The fourth-order valence-corrected chi connectivity index (χ4v) is 11.8. The van der Waals surface area contributed by atoms with Crippen molar-refractivity contribution in [2.24, 2.45) is 0 Å². The topological polar surface area (TPSA) is 16.4 Å². The van der Waals surface area contributed by atoms with Gasteiger partial charge in [-0.1, -0.05) is 130 Å². The van der Waals surface area contributed by atoms with E-state index in [-0.39, 0.29) is 21.7 Å². The van der Waals surface area contributed by atoms with E-state index in [1.165, 1.54) is 75.8 Å². The van der Waals surface area contributed by atoms with Crippen LogP contribution in [-0.2, 0) is 21.7 Å². The molecular weight excluding hydrogens is 735 g/mol. The molecule has 9 aromatic rings. The highest BCUT2D eigenvalue weighted by atomic mass is 32.1. The van der Waals surface area contributed by atoms with Crippen molar-refractivity contribution in [3.63, 3.8) is 0 Å². The second-order valence-electron chi connectivity index (χ2n) is 20.3. The average molecular weight is 786 g/mol. The van der Waals surface area contributed by atoms with Crippen LogP contribution in [0.4, 0.5) is 17.1 Å². The number of thiophene rings is 1. The largest absolute Gasteiger partial charge is 0.456 e. The number of hydrogen-bond donors (Lipinski definition) is 0. The van der Waals surface area contributed by atoms with Gasteiger partial charge in [0.25, 0.3) is 0 Å². The van der Waals surface area contributed by atoms with E-state index in [4.69, 9.17) is 4.42 Å². The SMILES string of the molecule is CC(C)(C)c1cc(C(C)(C)C)c2sc3cc4c(cc3c2c1)-c1cc(N(c2ccc3c(c2)C(C)(C)c2ccccc2-3)c2ccc3c(c2)oc2ccccc23)ccc1C4(C)C. The smallest absolute Gasteiger partial charge is 0.137 e. The molecule has 2 aliphatic carbocycles. The number of furan rings is 1. The molecule has 0 saturated heterocycles. The molecule has 0 radical (unpaired) electrons. The van der Waals surface area contributed by atoms with Crippen LogP contribution in [0.2, 0.25) is 0 Å². The lowest BCUT2D eigenvalue weighted by Gasteiger charge is -2.29. The van der Waals surface area contributed by atoms with E-state index in [1.807, 2.05) is 17.4 Å². The number of rotatable bonds is 3. The third-order valence-electron chi connectivity index (χ3n) is 13.7. The first-order valence-corrected chi connectivity index (χ1v) is 22.0. The van der Waals surface area contributed by atoms with Crippen molar-refractivity contribution in [2.45, 2.75) is 90.9 Å². The van der Waals surface area contributed by atoms with Gasteiger partial charge in [0.05, 0.1) is 0 Å². The molecule has 59 heavy (non-hydrogen) atoms. The highest BCUT2D eigenvalue weighted by molar-refractivity contribution is 7.26. The van der Waals surface area contributed by atoms with Crippen molar-refractivity contribution >= 4 is 70.5 Å². The normalized spacial score (nSPS) is 15.2. The summed E-state index contributed by atoms with van der Waals surface area (Å²) in [4.78, 5) is 2.45. The van der Waals surface area contributed by atoms with Crippen molar-refractivity contribution in [3.05, 3.63) is 161 Å². The van der Waals surface area contributed by atoms with Crippen LogP contribution < -0.4 is 4.90 Å². The lowest BCUT2D eigenvalue weighted by atomic mass is 9.79. The maximum atomic E-state index is 6.51. The fourth-order valence-electron chi connectivity index (χ4n) is 10.4. The van der Waals surface area contributed by atoms with Crippen LogP contribution in [0.1, 0.15) is 103 Å². The average Bonchev–Trinajstić information content (AvgIpc) is 3.88. The van der Waals surface area contributed by atoms with Gasteiger partial charge >= 0.3 is 0 Å². The lowest BCUT2D eigenvalue weighted by molar-refractivity contribution is 0.573. The van der Waals surface area contributed by atoms with E-state index in [9.17, 15) is 0 Å². The number of anilines is 3. The van der Waals surface area contributed by atoms with Gasteiger partial charge in [-0.15, -0.1) is 11.3 Å². The maximum Gasteiger partial charge on any atom is 0.137 e. The van der Waals surface area contributed by atoms with Crippen LogP contribution in [0.5, 0.6) is 0 Å². The summed E-state index contributed by atoms with van der Waals surface area (Å²) in [6, 6.07) is 48.3. The molecular formula is C56H51NOS. The Bertz CT molecular complexity index is 3240. The Morgan fingerprint density at radius 1 is 0.458 bits per heavy atom. The number of hydrogen-bond acceptors (Lipinski definition) is 3. The maximum absolute atomic E-state index is 6.51. The van der Waals surface area contributed by atoms with Crippen LogP contribution in [0.15, 0.2) is 132 Å². The van der Waals surface area contributed by atoms with Gasteiger partial charge in [0.2, 0.25) is 0 Å². The zero-order valence-electron chi connectivity index (χ0n) is 35.9. The van der Waals surface area contributed by atoms with Gasteiger partial charge in [-0.2, -0.15) is 0 Å². The first kappa shape index (κ1) is 36.4. The van der Waals surface area contributed by atoms with Gasteiger partial charge in [-0.05, 0) is 127 Å². The summed E-state index contributed by atoms with van der Waals surface area (Å²) in [5, 5.41) is 5.03. The predicted octanol–water partition coefficient (Wildman–Crippen LogP) is 16.6. The van der Waals surface area contributed by atoms with Gasteiger partial charge in [-0.25, -0.2) is 0 Å². The summed E-state index contributed by atoms with van der Waals surface area (Å²) in [7, 11) is 0. The standard InChI is InChI=1S/C56H51NOS/c1-53(2,3)32-25-43-42-30-41-40-27-33(21-24-45(40)56(9,10)47(41)31-51(42)59-52(43)48(26-32)54(4,5)6)57(35-20-23-39-38-16-12-14-18-49(38)58-50(39)29-35)34-19-22-37-36-15-11-13-17-44(36)55(7,8)46(37)28-34/h11-31H,1-10H3. The lowest BCUT2D eigenvalue weighted by Crippen LogP contribution is -2.17. The summed E-state index contributed by atoms with van der Waals surface area (Å²) >= 11 is 1.97. The highest BCUT2D eigenvalue weighted by Crippen LogP contribution is 2.55. The van der Waals surface area contributed by atoms with Crippen molar-refractivity contribution < 1.29 is 4.42 Å². The van der Waals surface area contributed by atoms with Crippen LogP contribution in [-0.4, -0.2) is 0 Å². The second-order valence-corrected chi connectivity index (χ2v) is 21.3. The Balaban J connectivity index is 1.13. The van der Waals surface area contributed by atoms with Crippen LogP contribution in [0.3, 0.4) is 0 Å². The fraction of sp³-hybridized carbons (Fsp3) is 0.250. The van der Waals surface area contributed by atoms with Crippen molar-refractivity contribution in [1.29, 1.82) is 0 Å². The summed E-state index contributed by atoms with van der Waals surface area (Å²) in [5.74, 6) is 0. The molecule has 0 N–H and O–H groups in total. The molecule has 0 saturated carbocycles. The molecule has 0 spiro atoms.